The molecule has 1 aromatic heterocycles. The number of nitriles is 2. The molecule has 1 N–H and O–H groups in total. The average Bonchev–Trinajstić information content (AvgIpc) is 2.97. The lowest BCUT2D eigenvalue weighted by Gasteiger charge is -2.03. The smallest absolute Gasteiger partial charge is 0.338 e. The fourth-order valence-corrected chi connectivity index (χ4v) is 3.22. The van der Waals surface area contributed by atoms with Gasteiger partial charge in [0, 0.05) is 18.4 Å². The standard InChI is InChI=1S/C18H16N4O3S/c1-3-22-16(23)15(26-17(22)13(9-19)10-20)11-21-14-7-5-12(6-8-14)18(24)25-4-2/h5-8,11,21H,3-4H2,1-2H3/b15-11-. The van der Waals surface area contributed by atoms with Gasteiger partial charge in [0.25, 0.3) is 5.56 Å². The molecule has 26 heavy (non-hydrogen) atoms. The summed E-state index contributed by atoms with van der Waals surface area (Å²) in [5.74, 6) is -0.396. The first kappa shape index (κ1) is 19.0. The molecule has 0 aliphatic heterocycles. The van der Waals surface area contributed by atoms with Gasteiger partial charge in [0.2, 0.25) is 0 Å². The van der Waals surface area contributed by atoms with Crippen LogP contribution in [0.4, 0.5) is 5.69 Å². The normalized spacial score (nSPS) is 10.7. The van der Waals surface area contributed by atoms with Gasteiger partial charge in [-0.1, -0.05) is 0 Å². The average molecular weight is 368 g/mol. The van der Waals surface area contributed by atoms with Crippen LogP contribution in [-0.4, -0.2) is 17.1 Å². The maximum atomic E-state index is 12.4. The van der Waals surface area contributed by atoms with Gasteiger partial charge in [0.1, 0.15) is 21.3 Å². The second-order valence-electron chi connectivity index (χ2n) is 5.01. The van der Waals surface area contributed by atoms with Gasteiger partial charge < -0.3 is 10.1 Å². The Balaban J connectivity index is 2.37. The van der Waals surface area contributed by atoms with E-state index in [1.807, 2.05) is 12.1 Å². The minimum atomic E-state index is -0.396. The maximum absolute atomic E-state index is 12.4. The fourth-order valence-electron chi connectivity index (χ4n) is 2.18. The summed E-state index contributed by atoms with van der Waals surface area (Å²) in [6.45, 7) is 4.18. The summed E-state index contributed by atoms with van der Waals surface area (Å²) in [6, 6.07) is 10.3. The number of aromatic nitrogens is 1. The molecule has 0 spiro atoms. The minimum absolute atomic E-state index is 0.0904. The molecule has 0 amide bonds. The molecule has 2 aromatic rings. The summed E-state index contributed by atoms with van der Waals surface area (Å²) < 4.78 is 7.03. The molecule has 0 saturated carbocycles. The Kier molecular flexibility index (Phi) is 6.31. The molecule has 0 bridgehead atoms. The number of nitrogens with one attached hydrogen (secondary N) is 1. The van der Waals surface area contributed by atoms with Crippen molar-refractivity contribution in [3.05, 3.63) is 49.4 Å². The van der Waals surface area contributed by atoms with E-state index < -0.39 is 5.97 Å². The van der Waals surface area contributed by atoms with Crippen LogP contribution >= 0.6 is 11.3 Å². The number of nitrogens with zero attached hydrogens (tertiary/aromatic N) is 3. The molecule has 7 nitrogen and oxygen atoms in total. The van der Waals surface area contributed by atoms with Gasteiger partial charge in [-0.15, -0.1) is 11.3 Å². The number of esters is 1. The predicted octanol–water partition coefficient (Wildman–Crippen LogP) is 1.15. The highest BCUT2D eigenvalue weighted by Gasteiger charge is 2.08. The van der Waals surface area contributed by atoms with Crippen molar-refractivity contribution >= 4 is 34.8 Å². The highest BCUT2D eigenvalue weighted by Crippen LogP contribution is 2.10. The van der Waals surface area contributed by atoms with Crippen LogP contribution < -0.4 is 20.1 Å². The number of hydrogen-bond donors (Lipinski definition) is 1. The van der Waals surface area contributed by atoms with Crippen LogP contribution in [0.5, 0.6) is 0 Å². The van der Waals surface area contributed by atoms with Crippen molar-refractivity contribution in [2.45, 2.75) is 20.4 Å². The van der Waals surface area contributed by atoms with E-state index in [2.05, 4.69) is 5.32 Å². The van der Waals surface area contributed by atoms with E-state index >= 15 is 0 Å². The van der Waals surface area contributed by atoms with Gasteiger partial charge in [-0.2, -0.15) is 10.5 Å². The van der Waals surface area contributed by atoms with Gasteiger partial charge >= 0.3 is 5.97 Å². The van der Waals surface area contributed by atoms with Crippen molar-refractivity contribution in [1.29, 1.82) is 10.5 Å². The summed E-state index contributed by atoms with van der Waals surface area (Å²) in [5, 5.41) is 21.1. The summed E-state index contributed by atoms with van der Waals surface area (Å²) in [4.78, 5) is 24.0. The highest BCUT2D eigenvalue weighted by molar-refractivity contribution is 7.07. The number of rotatable bonds is 5. The molecule has 2 rings (SSSR count). The zero-order chi connectivity index (χ0) is 19.1. The predicted molar refractivity (Wildman–Crippen MR) is 98.6 cm³/mol. The Morgan fingerprint density at radius 2 is 1.92 bits per heavy atom. The number of anilines is 1. The summed E-state index contributed by atoms with van der Waals surface area (Å²) in [7, 11) is 0. The molecule has 0 fully saturated rings. The van der Waals surface area contributed by atoms with Crippen molar-refractivity contribution in [3.8, 4) is 12.1 Å². The fraction of sp³-hybridized carbons (Fsp3) is 0.222. The van der Waals surface area contributed by atoms with E-state index in [9.17, 15) is 9.59 Å². The van der Waals surface area contributed by atoms with Crippen LogP contribution in [0.2, 0.25) is 0 Å². The van der Waals surface area contributed by atoms with Gasteiger partial charge in [-0.3, -0.25) is 9.36 Å². The maximum Gasteiger partial charge on any atom is 0.338 e. The van der Waals surface area contributed by atoms with Crippen molar-refractivity contribution < 1.29 is 9.53 Å². The first-order chi connectivity index (χ1) is 12.5. The van der Waals surface area contributed by atoms with Crippen LogP contribution in [0, 0.1) is 22.7 Å². The molecule has 1 heterocycles. The molecule has 132 valence electrons. The Morgan fingerprint density at radius 1 is 1.27 bits per heavy atom. The van der Waals surface area contributed by atoms with E-state index in [0.29, 0.717) is 33.6 Å². The third-order valence-electron chi connectivity index (χ3n) is 3.43. The SMILES string of the molecule is CCOC(=O)c1ccc(N/C=c2\sc(=C(C#N)C#N)n(CC)c2=O)cc1. The third kappa shape index (κ3) is 4.00. The van der Waals surface area contributed by atoms with Gasteiger partial charge in [-0.05, 0) is 38.1 Å². The third-order valence-corrected chi connectivity index (χ3v) is 4.56. The first-order valence-electron chi connectivity index (χ1n) is 7.83. The Hall–Kier alpha value is -3.36. The van der Waals surface area contributed by atoms with Crippen LogP contribution in [0.25, 0.3) is 11.8 Å². The monoisotopic (exact) mass is 368 g/mol. The van der Waals surface area contributed by atoms with E-state index in [-0.39, 0.29) is 11.1 Å². The Morgan fingerprint density at radius 3 is 2.46 bits per heavy atom. The van der Waals surface area contributed by atoms with E-state index in [1.165, 1.54) is 10.8 Å². The molecule has 8 heteroatoms. The topological polar surface area (TPSA) is 108 Å². The minimum Gasteiger partial charge on any atom is -0.462 e. The van der Waals surface area contributed by atoms with Gasteiger partial charge in [-0.25, -0.2) is 4.79 Å². The molecule has 0 radical (unpaired) electrons. The lowest BCUT2D eigenvalue weighted by molar-refractivity contribution is 0.0526. The number of carbonyl (C=O) groups is 1. The molecule has 0 aliphatic carbocycles. The number of benzene rings is 1. The molecule has 0 saturated heterocycles. The van der Waals surface area contributed by atoms with E-state index in [4.69, 9.17) is 15.3 Å². The van der Waals surface area contributed by atoms with Crippen molar-refractivity contribution in [1.82, 2.24) is 4.57 Å². The Bertz CT molecular complexity index is 1050. The zero-order valence-corrected chi connectivity index (χ0v) is 15.1. The van der Waals surface area contributed by atoms with Gasteiger partial charge in [0.15, 0.2) is 5.57 Å². The largest absolute Gasteiger partial charge is 0.462 e. The van der Waals surface area contributed by atoms with E-state index in [0.717, 1.165) is 11.3 Å². The van der Waals surface area contributed by atoms with Crippen LogP contribution in [0.1, 0.15) is 24.2 Å². The molecule has 0 unspecified atom stereocenters. The van der Waals surface area contributed by atoms with Crippen molar-refractivity contribution in [3.63, 3.8) is 0 Å². The van der Waals surface area contributed by atoms with Crippen LogP contribution in [0.3, 0.4) is 0 Å². The quantitative estimate of drug-likeness (QED) is 0.793. The number of thiazole rings is 1. The molecule has 0 aliphatic rings. The summed E-state index contributed by atoms with van der Waals surface area (Å²) >= 11 is 1.08. The lowest BCUT2D eigenvalue weighted by Crippen LogP contribution is -2.31. The zero-order valence-electron chi connectivity index (χ0n) is 14.3. The first-order valence-corrected chi connectivity index (χ1v) is 8.65. The summed E-state index contributed by atoms with van der Waals surface area (Å²) in [6.07, 6.45) is 1.52. The van der Waals surface area contributed by atoms with Crippen LogP contribution in [-0.2, 0) is 11.3 Å². The second kappa shape index (κ2) is 8.65. The number of hydrogen-bond acceptors (Lipinski definition) is 7. The second-order valence-corrected chi connectivity index (χ2v) is 6.04. The molecule has 0 atom stereocenters. The summed E-state index contributed by atoms with van der Waals surface area (Å²) in [5.41, 5.74) is 0.755. The molecular formula is C18H16N4O3S. The highest BCUT2D eigenvalue weighted by atomic mass is 32.1. The Labute approximate surface area is 153 Å². The van der Waals surface area contributed by atoms with E-state index in [1.54, 1.807) is 38.1 Å². The van der Waals surface area contributed by atoms with Crippen molar-refractivity contribution in [2.24, 2.45) is 0 Å². The molecular weight excluding hydrogens is 352 g/mol. The molecule has 1 aromatic carbocycles. The van der Waals surface area contributed by atoms with Gasteiger partial charge in [0.05, 0.1) is 12.2 Å². The van der Waals surface area contributed by atoms with Crippen LogP contribution in [0.15, 0.2) is 29.1 Å². The lowest BCUT2D eigenvalue weighted by atomic mass is 10.2. The number of carbonyl (C=O) groups excluding carboxylic acids is 1. The van der Waals surface area contributed by atoms with Crippen molar-refractivity contribution in [2.75, 3.05) is 11.9 Å². The number of ether oxygens (including phenoxy) is 1.